The summed E-state index contributed by atoms with van der Waals surface area (Å²) in [5, 5.41) is 8.33. The van der Waals surface area contributed by atoms with Crippen LogP contribution < -0.4 is 10.5 Å². The minimum atomic E-state index is -3.74. The average Bonchev–Trinajstić information content (AvgIpc) is 2.29. The summed E-state index contributed by atoms with van der Waals surface area (Å²) in [6.45, 7) is 0.0732. The first-order valence-electron chi connectivity index (χ1n) is 4.84. The second kappa shape index (κ2) is 6.01. The topological polar surface area (TPSA) is 96.0 Å². The van der Waals surface area contributed by atoms with Crippen molar-refractivity contribution < 1.29 is 12.8 Å². The summed E-state index contributed by atoms with van der Waals surface area (Å²) >= 11 is 0. The third kappa shape index (κ3) is 4.06. The van der Waals surface area contributed by atoms with Crippen molar-refractivity contribution in [3.05, 3.63) is 29.6 Å². The lowest BCUT2D eigenvalue weighted by Crippen LogP contribution is -2.15. The normalized spacial score (nSPS) is 10.1. The molecule has 1 aromatic carbocycles. The molecule has 0 saturated carbocycles. The van der Waals surface area contributed by atoms with E-state index >= 15 is 0 Å². The first kappa shape index (κ1) is 14.0. The molecule has 3 N–H and O–H groups in total. The molecule has 0 amide bonds. The van der Waals surface area contributed by atoms with Gasteiger partial charge in [0.25, 0.3) is 0 Å². The molecule has 0 heterocycles. The fourth-order valence-corrected chi connectivity index (χ4v) is 1.86. The quantitative estimate of drug-likeness (QED) is 0.775. The number of benzene rings is 1. The summed E-state index contributed by atoms with van der Waals surface area (Å²) < 4.78 is 38.1. The second-order valence-corrected chi connectivity index (χ2v) is 4.94. The summed E-state index contributed by atoms with van der Waals surface area (Å²) in [4.78, 5) is 0. The lowest BCUT2D eigenvalue weighted by Gasteiger charge is -2.05. The predicted octanol–water partition coefficient (Wildman–Crippen LogP) is 0.401. The number of hydrogen-bond acceptors (Lipinski definition) is 4. The molecular formula is C11H10FN3O2S. The van der Waals surface area contributed by atoms with Gasteiger partial charge in [0.2, 0.25) is 10.0 Å². The number of nitrogens with two attached hydrogens (primary N) is 1. The van der Waals surface area contributed by atoms with Gasteiger partial charge < -0.3 is 5.73 Å². The zero-order chi connectivity index (χ0) is 13.6. The van der Waals surface area contributed by atoms with Crippen molar-refractivity contribution in [1.29, 1.82) is 5.26 Å². The van der Waals surface area contributed by atoms with E-state index in [1.807, 2.05) is 0 Å². The van der Waals surface area contributed by atoms with Gasteiger partial charge in [0, 0.05) is 5.69 Å². The third-order valence-corrected chi connectivity index (χ3v) is 2.88. The number of rotatable bonds is 3. The number of nitriles is 1. The zero-order valence-corrected chi connectivity index (χ0v) is 10.1. The molecule has 0 unspecified atom stereocenters. The van der Waals surface area contributed by atoms with Crippen LogP contribution in [0.4, 0.5) is 10.1 Å². The molecule has 0 aliphatic heterocycles. The van der Waals surface area contributed by atoms with Gasteiger partial charge in [0.15, 0.2) is 5.75 Å². The number of anilines is 1. The van der Waals surface area contributed by atoms with E-state index in [1.165, 1.54) is 18.2 Å². The Kier molecular flexibility index (Phi) is 4.67. The third-order valence-electron chi connectivity index (χ3n) is 1.82. The van der Waals surface area contributed by atoms with Gasteiger partial charge in [-0.05, 0) is 18.2 Å². The minimum absolute atomic E-state index is 0.0395. The van der Waals surface area contributed by atoms with Crippen LogP contribution in [-0.2, 0) is 10.0 Å². The molecule has 0 spiro atoms. The number of halogens is 1. The summed E-state index contributed by atoms with van der Waals surface area (Å²) in [7, 11) is -3.74. The maximum Gasteiger partial charge on any atom is 0.246 e. The van der Waals surface area contributed by atoms with E-state index in [2.05, 4.69) is 16.6 Å². The highest BCUT2D eigenvalue weighted by Crippen LogP contribution is 2.15. The second-order valence-electron chi connectivity index (χ2n) is 3.22. The van der Waals surface area contributed by atoms with Gasteiger partial charge in [0.1, 0.15) is 5.82 Å². The Balaban J connectivity index is 3.03. The highest BCUT2D eigenvalue weighted by atomic mass is 32.2. The molecule has 0 fully saturated rings. The largest absolute Gasteiger partial charge is 0.320 e. The van der Waals surface area contributed by atoms with Crippen molar-refractivity contribution in [2.75, 3.05) is 17.0 Å². The van der Waals surface area contributed by atoms with Crippen molar-refractivity contribution in [3.8, 4) is 17.9 Å². The SMILES string of the molecule is N#CCS(=O)(=O)Nc1ccc(F)c(C#CCN)c1. The molecule has 1 rings (SSSR count). The van der Waals surface area contributed by atoms with Gasteiger partial charge in [-0.25, -0.2) is 12.8 Å². The van der Waals surface area contributed by atoms with E-state index in [0.717, 1.165) is 6.07 Å². The number of nitrogens with one attached hydrogen (secondary N) is 1. The molecule has 0 atom stereocenters. The van der Waals surface area contributed by atoms with Gasteiger partial charge in [-0.15, -0.1) is 0 Å². The van der Waals surface area contributed by atoms with Gasteiger partial charge >= 0.3 is 0 Å². The van der Waals surface area contributed by atoms with Crippen LogP contribution in [0, 0.1) is 29.0 Å². The Morgan fingerprint density at radius 2 is 2.17 bits per heavy atom. The van der Waals surface area contributed by atoms with Crippen molar-refractivity contribution in [2.45, 2.75) is 0 Å². The van der Waals surface area contributed by atoms with E-state index in [0.29, 0.717) is 0 Å². The molecule has 0 saturated heterocycles. The number of nitrogens with zero attached hydrogens (tertiary/aromatic N) is 1. The molecule has 0 aromatic heterocycles. The summed E-state index contributed by atoms with van der Waals surface area (Å²) in [6, 6.07) is 5.10. The van der Waals surface area contributed by atoms with E-state index in [-0.39, 0.29) is 17.8 Å². The predicted molar refractivity (Wildman–Crippen MR) is 65.4 cm³/mol. The van der Waals surface area contributed by atoms with Crippen LogP contribution in [0.3, 0.4) is 0 Å². The van der Waals surface area contributed by atoms with Gasteiger partial charge in [-0.3, -0.25) is 4.72 Å². The summed E-state index contributed by atoms with van der Waals surface area (Å²) in [6.07, 6.45) is 0. The molecule has 18 heavy (non-hydrogen) atoms. The minimum Gasteiger partial charge on any atom is -0.320 e. The van der Waals surface area contributed by atoms with Crippen molar-refractivity contribution in [2.24, 2.45) is 5.73 Å². The smallest absolute Gasteiger partial charge is 0.246 e. The maximum absolute atomic E-state index is 13.3. The van der Waals surface area contributed by atoms with Crippen LogP contribution in [-0.4, -0.2) is 20.7 Å². The molecule has 0 radical (unpaired) electrons. The first-order chi connectivity index (χ1) is 8.48. The Bertz CT molecular complexity index is 638. The van der Waals surface area contributed by atoms with Crippen LogP contribution in [0.15, 0.2) is 18.2 Å². The molecule has 0 aliphatic rings. The Hall–Kier alpha value is -2.09. The van der Waals surface area contributed by atoms with Crippen molar-refractivity contribution >= 4 is 15.7 Å². The van der Waals surface area contributed by atoms with Crippen LogP contribution in [0.5, 0.6) is 0 Å². The molecule has 94 valence electrons. The Morgan fingerprint density at radius 1 is 1.44 bits per heavy atom. The molecule has 1 aromatic rings. The maximum atomic E-state index is 13.3. The van der Waals surface area contributed by atoms with Gasteiger partial charge in [-0.1, -0.05) is 11.8 Å². The lowest BCUT2D eigenvalue weighted by molar-refractivity contribution is 0.604. The fraction of sp³-hybridized carbons (Fsp3) is 0.182. The monoisotopic (exact) mass is 267 g/mol. The molecule has 5 nitrogen and oxygen atoms in total. The number of hydrogen-bond donors (Lipinski definition) is 2. The van der Waals surface area contributed by atoms with Crippen LogP contribution >= 0.6 is 0 Å². The molecule has 7 heteroatoms. The highest BCUT2D eigenvalue weighted by Gasteiger charge is 2.10. The van der Waals surface area contributed by atoms with Crippen LogP contribution in [0.25, 0.3) is 0 Å². The van der Waals surface area contributed by atoms with Crippen molar-refractivity contribution in [1.82, 2.24) is 0 Å². The molecule has 0 aliphatic carbocycles. The van der Waals surface area contributed by atoms with Crippen LogP contribution in [0.2, 0.25) is 0 Å². The summed E-state index contributed by atoms with van der Waals surface area (Å²) in [5.41, 5.74) is 5.35. The standard InChI is InChI=1S/C11H10FN3O2S/c12-11-4-3-10(8-9(11)2-1-5-13)15-18(16,17)7-6-14/h3-4,8,15H,5,7,13H2. The van der Waals surface area contributed by atoms with Crippen molar-refractivity contribution in [3.63, 3.8) is 0 Å². The van der Waals surface area contributed by atoms with E-state index in [4.69, 9.17) is 11.0 Å². The summed E-state index contributed by atoms with van der Waals surface area (Å²) in [5.74, 6) is 3.71. The Labute approximate surface area is 104 Å². The zero-order valence-electron chi connectivity index (χ0n) is 9.27. The van der Waals surface area contributed by atoms with E-state index < -0.39 is 21.6 Å². The average molecular weight is 267 g/mol. The fourth-order valence-electron chi connectivity index (χ4n) is 1.13. The van der Waals surface area contributed by atoms with Gasteiger partial charge in [-0.2, -0.15) is 5.26 Å². The molecular weight excluding hydrogens is 257 g/mol. The van der Waals surface area contributed by atoms with E-state index in [1.54, 1.807) is 0 Å². The highest BCUT2D eigenvalue weighted by molar-refractivity contribution is 7.92. The van der Waals surface area contributed by atoms with Gasteiger partial charge in [0.05, 0.1) is 18.2 Å². The van der Waals surface area contributed by atoms with E-state index in [9.17, 15) is 12.8 Å². The van der Waals surface area contributed by atoms with Crippen LogP contribution in [0.1, 0.15) is 5.56 Å². The Morgan fingerprint density at radius 3 is 2.78 bits per heavy atom. The molecule has 0 bridgehead atoms. The first-order valence-corrected chi connectivity index (χ1v) is 6.49. The number of sulfonamides is 1. The lowest BCUT2D eigenvalue weighted by atomic mass is 10.2.